The first kappa shape index (κ1) is 14.4. The Labute approximate surface area is 107 Å². The minimum absolute atomic E-state index is 0.0749. The average molecular weight is 251 g/mol. The normalized spacial score (nSPS) is 12.6. The standard InChI is InChI=1S/C13H21N3O2/c1-7(2)8(3)15-12(17)6-11-9(4)14-10(5)16-13(11)18/h7-8H,6H2,1-5H3,(H,15,17)(H,14,16,18)/t8-/m0/s1. The van der Waals surface area contributed by atoms with Gasteiger partial charge in [0.1, 0.15) is 5.82 Å². The molecule has 0 radical (unpaired) electrons. The monoisotopic (exact) mass is 251 g/mol. The van der Waals surface area contributed by atoms with E-state index in [2.05, 4.69) is 15.3 Å². The molecular formula is C13H21N3O2. The van der Waals surface area contributed by atoms with Gasteiger partial charge in [0.05, 0.1) is 6.42 Å². The lowest BCUT2D eigenvalue weighted by atomic mass is 10.1. The summed E-state index contributed by atoms with van der Waals surface area (Å²) < 4.78 is 0. The fourth-order valence-corrected chi connectivity index (χ4v) is 1.59. The van der Waals surface area contributed by atoms with E-state index >= 15 is 0 Å². The Morgan fingerprint density at radius 2 is 1.94 bits per heavy atom. The summed E-state index contributed by atoms with van der Waals surface area (Å²) >= 11 is 0. The molecule has 0 saturated heterocycles. The second-order valence-corrected chi connectivity index (χ2v) is 4.99. The lowest BCUT2D eigenvalue weighted by molar-refractivity contribution is -0.121. The first-order valence-electron chi connectivity index (χ1n) is 6.17. The molecule has 0 unspecified atom stereocenters. The molecule has 0 aliphatic heterocycles. The lowest BCUT2D eigenvalue weighted by Crippen LogP contribution is -2.38. The van der Waals surface area contributed by atoms with E-state index in [1.54, 1.807) is 13.8 Å². The molecule has 0 saturated carbocycles. The second-order valence-electron chi connectivity index (χ2n) is 4.99. The molecule has 0 bridgehead atoms. The van der Waals surface area contributed by atoms with Crippen LogP contribution in [0, 0.1) is 19.8 Å². The molecule has 1 amide bonds. The quantitative estimate of drug-likeness (QED) is 0.841. The summed E-state index contributed by atoms with van der Waals surface area (Å²) in [5, 5.41) is 2.88. The number of nitrogens with zero attached hydrogens (tertiary/aromatic N) is 1. The van der Waals surface area contributed by atoms with Crippen molar-refractivity contribution >= 4 is 5.91 Å². The van der Waals surface area contributed by atoms with Crippen molar-refractivity contribution in [3.8, 4) is 0 Å². The Bertz CT molecular complexity index is 491. The summed E-state index contributed by atoms with van der Waals surface area (Å²) in [5.41, 5.74) is 0.824. The third-order valence-corrected chi connectivity index (χ3v) is 3.07. The van der Waals surface area contributed by atoms with Gasteiger partial charge in [-0.25, -0.2) is 4.98 Å². The summed E-state index contributed by atoms with van der Waals surface area (Å²) in [5.74, 6) is 0.789. The van der Waals surface area contributed by atoms with Gasteiger partial charge in [0, 0.05) is 17.3 Å². The highest BCUT2D eigenvalue weighted by molar-refractivity contribution is 5.78. The fraction of sp³-hybridized carbons (Fsp3) is 0.615. The molecule has 100 valence electrons. The molecule has 1 aromatic heterocycles. The topological polar surface area (TPSA) is 74.8 Å². The molecule has 1 rings (SSSR count). The van der Waals surface area contributed by atoms with Gasteiger partial charge in [0.15, 0.2) is 0 Å². The SMILES string of the molecule is Cc1nc(C)c(CC(=O)N[C@@H](C)C(C)C)c(=O)[nH]1. The van der Waals surface area contributed by atoms with Gasteiger partial charge in [-0.05, 0) is 26.7 Å². The maximum absolute atomic E-state index is 11.8. The summed E-state index contributed by atoms with van der Waals surface area (Å²) in [4.78, 5) is 30.3. The van der Waals surface area contributed by atoms with Crippen molar-refractivity contribution in [1.82, 2.24) is 15.3 Å². The molecule has 1 aromatic rings. The summed E-state index contributed by atoms with van der Waals surface area (Å²) in [6.45, 7) is 9.50. The van der Waals surface area contributed by atoms with Gasteiger partial charge in [-0.1, -0.05) is 13.8 Å². The number of aromatic nitrogens is 2. The zero-order chi connectivity index (χ0) is 13.9. The van der Waals surface area contributed by atoms with Crippen LogP contribution >= 0.6 is 0 Å². The molecule has 1 atom stereocenters. The van der Waals surface area contributed by atoms with Crippen LogP contribution in [0.5, 0.6) is 0 Å². The van der Waals surface area contributed by atoms with E-state index in [1.165, 1.54) is 0 Å². The molecule has 5 nitrogen and oxygen atoms in total. The van der Waals surface area contributed by atoms with E-state index in [9.17, 15) is 9.59 Å². The number of hydrogen-bond donors (Lipinski definition) is 2. The van der Waals surface area contributed by atoms with Crippen molar-refractivity contribution in [3.05, 3.63) is 27.4 Å². The Morgan fingerprint density at radius 3 is 2.44 bits per heavy atom. The summed E-state index contributed by atoms with van der Waals surface area (Å²) in [6, 6.07) is 0.0929. The van der Waals surface area contributed by atoms with Crippen LogP contribution in [0.4, 0.5) is 0 Å². The molecule has 1 heterocycles. The number of rotatable bonds is 4. The van der Waals surface area contributed by atoms with Gasteiger partial charge in [0.2, 0.25) is 5.91 Å². The van der Waals surface area contributed by atoms with E-state index in [0.29, 0.717) is 23.0 Å². The van der Waals surface area contributed by atoms with E-state index in [0.717, 1.165) is 0 Å². The maximum atomic E-state index is 11.8. The second kappa shape index (κ2) is 5.80. The van der Waals surface area contributed by atoms with Crippen molar-refractivity contribution < 1.29 is 4.79 Å². The fourth-order valence-electron chi connectivity index (χ4n) is 1.59. The Balaban J connectivity index is 2.80. The Hall–Kier alpha value is -1.65. The maximum Gasteiger partial charge on any atom is 0.254 e. The van der Waals surface area contributed by atoms with Gasteiger partial charge < -0.3 is 10.3 Å². The minimum atomic E-state index is -0.229. The summed E-state index contributed by atoms with van der Waals surface area (Å²) in [6.07, 6.45) is 0.0749. The number of carbonyl (C=O) groups is 1. The summed E-state index contributed by atoms with van der Waals surface area (Å²) in [7, 11) is 0. The largest absolute Gasteiger partial charge is 0.353 e. The number of aromatic amines is 1. The highest BCUT2D eigenvalue weighted by atomic mass is 16.2. The third-order valence-electron chi connectivity index (χ3n) is 3.07. The first-order chi connectivity index (χ1) is 8.31. The van der Waals surface area contributed by atoms with Crippen molar-refractivity contribution in [2.75, 3.05) is 0 Å². The third kappa shape index (κ3) is 3.68. The molecule has 0 spiro atoms. The number of hydrogen-bond acceptors (Lipinski definition) is 3. The van der Waals surface area contributed by atoms with Crippen molar-refractivity contribution in [3.63, 3.8) is 0 Å². The van der Waals surface area contributed by atoms with Crippen LogP contribution < -0.4 is 10.9 Å². The zero-order valence-electron chi connectivity index (χ0n) is 11.6. The molecule has 0 aromatic carbocycles. The highest BCUT2D eigenvalue weighted by Crippen LogP contribution is 2.03. The van der Waals surface area contributed by atoms with Crippen molar-refractivity contribution in [2.24, 2.45) is 5.92 Å². The number of H-pyrrole nitrogens is 1. The average Bonchev–Trinajstić information content (AvgIpc) is 2.23. The van der Waals surface area contributed by atoms with Crippen LogP contribution in [0.1, 0.15) is 37.9 Å². The van der Waals surface area contributed by atoms with Crippen molar-refractivity contribution in [2.45, 2.75) is 47.1 Å². The zero-order valence-corrected chi connectivity index (χ0v) is 11.6. The van der Waals surface area contributed by atoms with Crippen LogP contribution in [0.25, 0.3) is 0 Å². The predicted molar refractivity (Wildman–Crippen MR) is 70.5 cm³/mol. The number of carbonyl (C=O) groups excluding carboxylic acids is 1. The van der Waals surface area contributed by atoms with Gasteiger partial charge in [-0.3, -0.25) is 9.59 Å². The van der Waals surface area contributed by atoms with Crippen LogP contribution in [-0.2, 0) is 11.2 Å². The van der Waals surface area contributed by atoms with Gasteiger partial charge in [-0.2, -0.15) is 0 Å². The molecule has 5 heteroatoms. The Kier molecular flexibility index (Phi) is 4.64. The predicted octanol–water partition coefficient (Wildman–Crippen LogP) is 1.09. The van der Waals surface area contributed by atoms with Crippen LogP contribution in [0.3, 0.4) is 0 Å². The molecular weight excluding hydrogens is 230 g/mol. The molecule has 0 aliphatic rings. The van der Waals surface area contributed by atoms with E-state index in [1.807, 2.05) is 20.8 Å². The van der Waals surface area contributed by atoms with Crippen LogP contribution in [-0.4, -0.2) is 21.9 Å². The van der Waals surface area contributed by atoms with E-state index < -0.39 is 0 Å². The lowest BCUT2D eigenvalue weighted by Gasteiger charge is -2.17. The number of nitrogens with one attached hydrogen (secondary N) is 2. The van der Waals surface area contributed by atoms with Crippen LogP contribution in [0.15, 0.2) is 4.79 Å². The molecule has 18 heavy (non-hydrogen) atoms. The number of aryl methyl sites for hydroxylation is 2. The molecule has 0 aliphatic carbocycles. The van der Waals surface area contributed by atoms with Crippen LogP contribution in [0.2, 0.25) is 0 Å². The van der Waals surface area contributed by atoms with Gasteiger partial charge in [-0.15, -0.1) is 0 Å². The van der Waals surface area contributed by atoms with E-state index in [-0.39, 0.29) is 23.9 Å². The van der Waals surface area contributed by atoms with Gasteiger partial charge >= 0.3 is 0 Å². The van der Waals surface area contributed by atoms with E-state index in [4.69, 9.17) is 0 Å². The first-order valence-corrected chi connectivity index (χ1v) is 6.17. The molecule has 0 fully saturated rings. The molecule has 2 N–H and O–H groups in total. The van der Waals surface area contributed by atoms with Gasteiger partial charge in [0.25, 0.3) is 5.56 Å². The smallest absolute Gasteiger partial charge is 0.254 e. The minimum Gasteiger partial charge on any atom is -0.353 e. The Morgan fingerprint density at radius 1 is 1.33 bits per heavy atom. The highest BCUT2D eigenvalue weighted by Gasteiger charge is 2.15. The number of amides is 1. The van der Waals surface area contributed by atoms with Crippen molar-refractivity contribution in [1.29, 1.82) is 0 Å².